The van der Waals surface area contributed by atoms with Crippen LogP contribution in [0.1, 0.15) is 35.6 Å². The van der Waals surface area contributed by atoms with Gasteiger partial charge in [0.15, 0.2) is 0 Å². The van der Waals surface area contributed by atoms with Gasteiger partial charge < -0.3 is 20.2 Å². The van der Waals surface area contributed by atoms with E-state index in [0.717, 1.165) is 22.3 Å². The summed E-state index contributed by atoms with van der Waals surface area (Å²) in [5.74, 6) is -0.163. The minimum Gasteiger partial charge on any atom is -0.508 e. The Bertz CT molecular complexity index is 1380. The number of hydrogen-bond acceptors (Lipinski definition) is 5. The summed E-state index contributed by atoms with van der Waals surface area (Å²) in [5.41, 5.74) is 3.95. The molecule has 9 heteroatoms. The fourth-order valence-corrected chi connectivity index (χ4v) is 5.70. The van der Waals surface area contributed by atoms with Gasteiger partial charge in [0.25, 0.3) is 0 Å². The van der Waals surface area contributed by atoms with Crippen molar-refractivity contribution in [2.45, 2.75) is 52.0 Å². The first-order valence-corrected chi connectivity index (χ1v) is 14.1. The summed E-state index contributed by atoms with van der Waals surface area (Å²) in [6.07, 6.45) is 0.535. The smallest absolute Gasteiger partial charge is 0.332 e. The number of nitrogens with one attached hydrogen (secondary N) is 1. The Hall–Kier alpha value is -4.37. The first-order valence-electron chi connectivity index (χ1n) is 14.1. The van der Waals surface area contributed by atoms with Crippen LogP contribution >= 0.6 is 0 Å². The molecule has 0 unspecified atom stereocenters. The highest BCUT2D eigenvalue weighted by molar-refractivity contribution is 5.91. The quantitative estimate of drug-likeness (QED) is 0.420. The first-order chi connectivity index (χ1) is 19.8. The number of hydrogen-bond donors (Lipinski definition) is 2. The molecule has 2 aliphatic rings. The van der Waals surface area contributed by atoms with Gasteiger partial charge in [-0.3, -0.25) is 14.6 Å². The molecule has 0 saturated carbocycles. The summed E-state index contributed by atoms with van der Waals surface area (Å²) >= 11 is 0. The average molecular weight is 556 g/mol. The number of nitrogens with zero attached hydrogens (tertiary/aromatic N) is 4. The molecule has 0 aromatic heterocycles. The highest BCUT2D eigenvalue weighted by Crippen LogP contribution is 2.30. The highest BCUT2D eigenvalue weighted by Gasteiger charge is 2.52. The number of phenols is 1. The molecule has 214 valence electrons. The van der Waals surface area contributed by atoms with Crippen LogP contribution in [0.5, 0.6) is 5.75 Å². The molecular weight excluding hydrogens is 518 g/mol. The third kappa shape index (κ3) is 6.36. The van der Waals surface area contributed by atoms with Crippen molar-refractivity contribution in [3.05, 3.63) is 101 Å². The summed E-state index contributed by atoms with van der Waals surface area (Å²) < 4.78 is 0. The molecule has 2 aliphatic heterocycles. The van der Waals surface area contributed by atoms with Crippen LogP contribution in [0, 0.1) is 6.92 Å². The maximum absolute atomic E-state index is 13.9. The fraction of sp³-hybridized carbons (Fsp3) is 0.344. The number of phenolic OH excluding ortho intramolecular Hbond substituents is 1. The van der Waals surface area contributed by atoms with E-state index in [1.54, 1.807) is 39.1 Å². The number of aromatic hydroxyl groups is 1. The SMILES string of the molecule is CCCN(C(=O)NCc1ccccc1)N1CC(=O)N2[C@@H](Cc3ccc(O)cc3)C(=O)N(Cc3cccc(C)c3)C[C@@H]21. The summed E-state index contributed by atoms with van der Waals surface area (Å²) in [6, 6.07) is 23.5. The molecule has 0 aliphatic carbocycles. The zero-order valence-electron chi connectivity index (χ0n) is 23.6. The van der Waals surface area contributed by atoms with Crippen LogP contribution < -0.4 is 5.32 Å². The summed E-state index contributed by atoms with van der Waals surface area (Å²) in [6.45, 7) is 5.54. The van der Waals surface area contributed by atoms with Crippen LogP contribution in [0.4, 0.5) is 4.79 Å². The van der Waals surface area contributed by atoms with Crippen molar-refractivity contribution in [2.24, 2.45) is 0 Å². The topological polar surface area (TPSA) is 96.4 Å². The molecule has 0 spiro atoms. The van der Waals surface area contributed by atoms with Gasteiger partial charge in [-0.2, -0.15) is 5.01 Å². The Morgan fingerprint density at radius 2 is 1.71 bits per heavy atom. The molecule has 5 rings (SSSR count). The maximum atomic E-state index is 13.9. The maximum Gasteiger partial charge on any atom is 0.332 e. The van der Waals surface area contributed by atoms with Crippen LogP contribution in [0.3, 0.4) is 0 Å². The van der Waals surface area contributed by atoms with E-state index in [0.29, 0.717) is 32.5 Å². The van der Waals surface area contributed by atoms with Gasteiger partial charge in [-0.15, -0.1) is 0 Å². The van der Waals surface area contributed by atoms with Gasteiger partial charge in [0.2, 0.25) is 11.8 Å². The molecule has 2 N–H and O–H groups in total. The highest BCUT2D eigenvalue weighted by atomic mass is 16.3. The normalized spacial score (nSPS) is 18.9. The number of fused-ring (bicyclic) bond motifs is 1. The van der Waals surface area contributed by atoms with E-state index < -0.39 is 12.2 Å². The Balaban J connectivity index is 1.43. The molecule has 2 atom stereocenters. The van der Waals surface area contributed by atoms with Gasteiger partial charge in [-0.25, -0.2) is 4.79 Å². The number of carbonyl (C=O) groups is 3. The number of piperazine rings is 1. The van der Waals surface area contributed by atoms with E-state index in [4.69, 9.17) is 0 Å². The molecule has 2 heterocycles. The van der Waals surface area contributed by atoms with E-state index in [-0.39, 0.29) is 36.7 Å². The van der Waals surface area contributed by atoms with E-state index in [1.165, 1.54) is 0 Å². The van der Waals surface area contributed by atoms with Crippen molar-refractivity contribution >= 4 is 17.8 Å². The number of rotatable bonds is 9. The predicted molar refractivity (Wildman–Crippen MR) is 155 cm³/mol. The van der Waals surface area contributed by atoms with Crippen LogP contribution in [-0.2, 0) is 29.1 Å². The fourth-order valence-electron chi connectivity index (χ4n) is 5.70. The van der Waals surface area contributed by atoms with Gasteiger partial charge >= 0.3 is 6.03 Å². The average Bonchev–Trinajstić information content (AvgIpc) is 3.29. The molecule has 2 fully saturated rings. The van der Waals surface area contributed by atoms with Gasteiger partial charge in [0.1, 0.15) is 18.0 Å². The molecular formula is C32H37N5O4. The number of carbonyl (C=O) groups excluding carboxylic acids is 3. The standard InChI is InChI=1S/C32H37N5O4/c1-3-16-35(32(41)33-19-25-9-5-4-6-10-25)36-22-30(39)37-28(18-24-12-14-27(38)15-13-24)31(40)34(21-29(36)37)20-26-11-7-8-23(2)17-26/h4-15,17,28-29,38H,3,16,18-22H2,1-2H3,(H,33,41)/t28-,29+/m0/s1. The summed E-state index contributed by atoms with van der Waals surface area (Å²) in [5, 5.41) is 16.2. The Labute approximate surface area is 240 Å². The first kappa shape index (κ1) is 28.2. The summed E-state index contributed by atoms with van der Waals surface area (Å²) in [4.78, 5) is 44.5. The molecule has 3 aromatic rings. The summed E-state index contributed by atoms with van der Waals surface area (Å²) in [7, 11) is 0. The van der Waals surface area contributed by atoms with Crippen molar-refractivity contribution in [2.75, 3.05) is 19.6 Å². The van der Waals surface area contributed by atoms with E-state index in [9.17, 15) is 19.5 Å². The van der Waals surface area contributed by atoms with Gasteiger partial charge in [0.05, 0.1) is 13.1 Å². The van der Waals surface area contributed by atoms with Crippen molar-refractivity contribution < 1.29 is 19.5 Å². The van der Waals surface area contributed by atoms with Gasteiger partial charge in [0, 0.05) is 26.1 Å². The second-order valence-corrected chi connectivity index (χ2v) is 10.7. The van der Waals surface area contributed by atoms with Crippen LogP contribution in [-0.4, -0.2) is 74.6 Å². The van der Waals surface area contributed by atoms with Crippen LogP contribution in [0.15, 0.2) is 78.9 Å². The number of benzene rings is 3. The minimum absolute atomic E-state index is 0.0149. The Morgan fingerprint density at radius 1 is 0.976 bits per heavy atom. The monoisotopic (exact) mass is 555 g/mol. The predicted octanol–water partition coefficient (Wildman–Crippen LogP) is 3.66. The number of amides is 4. The Morgan fingerprint density at radius 3 is 2.41 bits per heavy atom. The molecule has 9 nitrogen and oxygen atoms in total. The Kier molecular flexibility index (Phi) is 8.54. The van der Waals surface area contributed by atoms with Crippen molar-refractivity contribution in [3.8, 4) is 5.75 Å². The lowest BCUT2D eigenvalue weighted by Gasteiger charge is -2.46. The number of aryl methyl sites for hydroxylation is 1. The van der Waals surface area contributed by atoms with Crippen LogP contribution in [0.2, 0.25) is 0 Å². The van der Waals surface area contributed by atoms with Gasteiger partial charge in [-0.05, 0) is 42.2 Å². The molecule has 2 saturated heterocycles. The van der Waals surface area contributed by atoms with E-state index in [2.05, 4.69) is 11.4 Å². The van der Waals surface area contributed by atoms with E-state index >= 15 is 0 Å². The van der Waals surface area contributed by atoms with Crippen molar-refractivity contribution in [1.82, 2.24) is 25.1 Å². The van der Waals surface area contributed by atoms with Crippen LogP contribution in [0.25, 0.3) is 0 Å². The second kappa shape index (κ2) is 12.4. The zero-order valence-corrected chi connectivity index (χ0v) is 23.6. The number of hydrazine groups is 1. The zero-order chi connectivity index (χ0) is 28.9. The largest absolute Gasteiger partial charge is 0.508 e. The molecule has 0 bridgehead atoms. The minimum atomic E-state index is -0.726. The molecule has 0 radical (unpaired) electrons. The third-order valence-electron chi connectivity index (χ3n) is 7.65. The van der Waals surface area contributed by atoms with Gasteiger partial charge in [-0.1, -0.05) is 79.2 Å². The third-order valence-corrected chi connectivity index (χ3v) is 7.65. The molecule has 41 heavy (non-hydrogen) atoms. The van der Waals surface area contributed by atoms with Crippen molar-refractivity contribution in [3.63, 3.8) is 0 Å². The second-order valence-electron chi connectivity index (χ2n) is 10.7. The molecule has 4 amide bonds. The molecule has 3 aromatic carbocycles. The van der Waals surface area contributed by atoms with Crippen molar-refractivity contribution in [1.29, 1.82) is 0 Å². The lowest BCUT2D eigenvalue weighted by Crippen LogP contribution is -2.66. The number of urea groups is 1. The lowest BCUT2D eigenvalue weighted by atomic mass is 9.99. The van der Waals surface area contributed by atoms with E-state index in [1.807, 2.05) is 67.4 Å². The lowest BCUT2D eigenvalue weighted by molar-refractivity contribution is -0.157.